The number of nitrogens with one attached hydrogen (secondary N) is 1. The second kappa shape index (κ2) is 9.19. The third-order valence-electron chi connectivity index (χ3n) is 4.45. The normalized spacial score (nSPS) is 19.3. The molecule has 1 saturated heterocycles. The van der Waals surface area contributed by atoms with E-state index in [4.69, 9.17) is 21.1 Å². The molecule has 132 valence electrons. The van der Waals surface area contributed by atoms with Gasteiger partial charge in [-0.15, -0.1) is 24.8 Å². The van der Waals surface area contributed by atoms with Crippen molar-refractivity contribution in [1.82, 2.24) is 10.2 Å². The summed E-state index contributed by atoms with van der Waals surface area (Å²) < 4.78 is 10.8. The average Bonchev–Trinajstić information content (AvgIpc) is 3.34. The minimum absolute atomic E-state index is 0. The third-order valence-corrected chi connectivity index (χ3v) is 4.84. The summed E-state index contributed by atoms with van der Waals surface area (Å²) in [7, 11) is 3.28. The van der Waals surface area contributed by atoms with Crippen LogP contribution in [0.1, 0.15) is 24.4 Å². The molecule has 1 aromatic carbocycles. The zero-order valence-corrected chi connectivity index (χ0v) is 15.9. The number of benzene rings is 1. The summed E-state index contributed by atoms with van der Waals surface area (Å²) in [6.07, 6.45) is 2.58. The highest BCUT2D eigenvalue weighted by atomic mass is 35.5. The van der Waals surface area contributed by atoms with E-state index in [1.807, 2.05) is 6.07 Å². The van der Waals surface area contributed by atoms with Crippen LogP contribution in [0.3, 0.4) is 0 Å². The van der Waals surface area contributed by atoms with Crippen LogP contribution in [0.2, 0.25) is 5.02 Å². The quantitative estimate of drug-likeness (QED) is 0.843. The van der Waals surface area contributed by atoms with Crippen LogP contribution in [0, 0.1) is 5.92 Å². The maximum absolute atomic E-state index is 6.63. The van der Waals surface area contributed by atoms with Gasteiger partial charge in [-0.3, -0.25) is 4.90 Å². The first kappa shape index (κ1) is 20.7. The molecule has 0 amide bonds. The summed E-state index contributed by atoms with van der Waals surface area (Å²) in [5, 5.41) is 4.12. The van der Waals surface area contributed by atoms with Crippen molar-refractivity contribution in [1.29, 1.82) is 0 Å². The number of piperazine rings is 1. The van der Waals surface area contributed by atoms with Crippen molar-refractivity contribution < 1.29 is 9.47 Å². The van der Waals surface area contributed by atoms with Gasteiger partial charge < -0.3 is 14.8 Å². The second-order valence-electron chi connectivity index (χ2n) is 5.77. The minimum atomic E-state index is 0. The van der Waals surface area contributed by atoms with Crippen molar-refractivity contribution >= 4 is 36.4 Å². The van der Waals surface area contributed by atoms with Crippen molar-refractivity contribution in [3.63, 3.8) is 0 Å². The fourth-order valence-electron chi connectivity index (χ4n) is 3.25. The molecule has 4 nitrogen and oxygen atoms in total. The summed E-state index contributed by atoms with van der Waals surface area (Å²) in [6.45, 7) is 4.25. The fraction of sp³-hybridized carbons (Fsp3) is 0.625. The predicted molar refractivity (Wildman–Crippen MR) is 99.0 cm³/mol. The van der Waals surface area contributed by atoms with Crippen LogP contribution in [0.25, 0.3) is 0 Å². The van der Waals surface area contributed by atoms with E-state index in [1.54, 1.807) is 14.2 Å². The lowest BCUT2D eigenvalue weighted by atomic mass is 9.99. The highest BCUT2D eigenvalue weighted by Gasteiger charge is 2.38. The number of nitrogens with zero attached hydrogens (tertiary/aromatic N) is 1. The number of halogens is 3. The maximum atomic E-state index is 6.63. The summed E-state index contributed by atoms with van der Waals surface area (Å²) in [5.41, 5.74) is 1.18. The Kier molecular flexibility index (Phi) is 8.25. The second-order valence-corrected chi connectivity index (χ2v) is 6.15. The molecule has 1 atom stereocenters. The zero-order chi connectivity index (χ0) is 14.8. The molecule has 23 heavy (non-hydrogen) atoms. The molecule has 2 aliphatic rings. The van der Waals surface area contributed by atoms with Gasteiger partial charge in [0.25, 0.3) is 0 Å². The molecule has 0 unspecified atom stereocenters. The van der Waals surface area contributed by atoms with Gasteiger partial charge in [-0.1, -0.05) is 17.7 Å². The lowest BCUT2D eigenvalue weighted by Crippen LogP contribution is -2.45. The molecule has 1 heterocycles. The van der Waals surface area contributed by atoms with Crippen molar-refractivity contribution in [3.8, 4) is 11.5 Å². The van der Waals surface area contributed by atoms with E-state index in [0.29, 0.717) is 22.6 Å². The monoisotopic (exact) mass is 382 g/mol. The van der Waals surface area contributed by atoms with Crippen molar-refractivity contribution in [2.75, 3.05) is 40.4 Å². The molecule has 0 aromatic heterocycles. The topological polar surface area (TPSA) is 33.7 Å². The highest BCUT2D eigenvalue weighted by molar-refractivity contribution is 6.33. The Morgan fingerprint density at radius 2 is 1.78 bits per heavy atom. The van der Waals surface area contributed by atoms with Crippen molar-refractivity contribution in [2.45, 2.75) is 18.9 Å². The van der Waals surface area contributed by atoms with E-state index in [1.165, 1.54) is 18.4 Å². The molecule has 0 spiro atoms. The number of hydrogen-bond donors (Lipinski definition) is 1. The van der Waals surface area contributed by atoms with E-state index in [0.717, 1.165) is 32.1 Å². The summed E-state index contributed by atoms with van der Waals surface area (Å²) in [5.74, 6) is 2.07. The van der Waals surface area contributed by atoms with Crippen LogP contribution in [-0.4, -0.2) is 45.3 Å². The number of hydrogen-bond acceptors (Lipinski definition) is 4. The smallest absolute Gasteiger partial charge is 0.179 e. The summed E-state index contributed by atoms with van der Waals surface area (Å²) in [6, 6.07) is 4.48. The van der Waals surface area contributed by atoms with Crippen LogP contribution >= 0.6 is 36.4 Å². The lowest BCUT2D eigenvalue weighted by Gasteiger charge is -2.36. The molecule has 3 rings (SSSR count). The van der Waals surface area contributed by atoms with Gasteiger partial charge in [-0.25, -0.2) is 0 Å². The first-order chi connectivity index (χ1) is 10.3. The summed E-state index contributed by atoms with van der Waals surface area (Å²) in [4.78, 5) is 2.56. The van der Waals surface area contributed by atoms with Crippen LogP contribution in [0.4, 0.5) is 0 Å². The van der Waals surface area contributed by atoms with Crippen molar-refractivity contribution in [3.05, 3.63) is 22.7 Å². The Balaban J connectivity index is 0.00000132. The Morgan fingerprint density at radius 3 is 2.30 bits per heavy atom. The van der Waals surface area contributed by atoms with Gasteiger partial charge in [-0.05, 0) is 30.4 Å². The molecule has 0 bridgehead atoms. The Labute approximate surface area is 155 Å². The van der Waals surface area contributed by atoms with E-state index in [-0.39, 0.29) is 24.8 Å². The maximum Gasteiger partial charge on any atom is 0.179 e. The first-order valence-corrected chi connectivity index (χ1v) is 7.99. The fourth-order valence-corrected chi connectivity index (χ4v) is 3.60. The van der Waals surface area contributed by atoms with E-state index < -0.39 is 0 Å². The van der Waals surface area contributed by atoms with Gasteiger partial charge in [0.2, 0.25) is 0 Å². The molecular weight excluding hydrogens is 359 g/mol. The van der Waals surface area contributed by atoms with E-state index >= 15 is 0 Å². The van der Waals surface area contributed by atoms with Crippen LogP contribution in [-0.2, 0) is 0 Å². The number of rotatable bonds is 5. The largest absolute Gasteiger partial charge is 0.493 e. The number of ether oxygens (including phenoxy) is 2. The first-order valence-electron chi connectivity index (χ1n) is 7.61. The standard InChI is InChI=1S/C16H23ClN2O2.2ClH/c1-20-13-6-5-12(14(17)16(13)21-2)15(11-3-4-11)19-9-7-18-8-10-19;;/h5-6,11,15,18H,3-4,7-10H2,1-2H3;2*1H/t15-;;/m0../s1. The Hall–Kier alpha value is -0.390. The molecule has 2 fully saturated rings. The van der Waals surface area contributed by atoms with E-state index in [9.17, 15) is 0 Å². The highest BCUT2D eigenvalue weighted by Crippen LogP contribution is 2.49. The molecule has 1 aliphatic heterocycles. The van der Waals surface area contributed by atoms with Gasteiger partial charge in [0.05, 0.1) is 19.2 Å². The number of methoxy groups -OCH3 is 2. The minimum Gasteiger partial charge on any atom is -0.493 e. The zero-order valence-electron chi connectivity index (χ0n) is 13.5. The average molecular weight is 384 g/mol. The van der Waals surface area contributed by atoms with Crippen LogP contribution in [0.5, 0.6) is 11.5 Å². The molecule has 1 aromatic rings. The predicted octanol–water partition coefficient (Wildman–Crippen LogP) is 3.56. The Morgan fingerprint density at radius 1 is 1.13 bits per heavy atom. The Bertz CT molecular complexity index is 506. The van der Waals surface area contributed by atoms with Gasteiger partial charge in [-0.2, -0.15) is 0 Å². The van der Waals surface area contributed by atoms with Crippen LogP contribution in [0.15, 0.2) is 12.1 Å². The SMILES string of the molecule is COc1ccc([C@H](C2CC2)N2CCNCC2)c(Cl)c1OC.Cl.Cl. The van der Waals surface area contributed by atoms with Crippen molar-refractivity contribution in [2.24, 2.45) is 5.92 Å². The van der Waals surface area contributed by atoms with Gasteiger partial charge in [0.1, 0.15) is 0 Å². The van der Waals surface area contributed by atoms with Gasteiger partial charge in [0.15, 0.2) is 11.5 Å². The third kappa shape index (κ3) is 4.37. The molecular formula is C16H25Cl3N2O2. The van der Waals surface area contributed by atoms with Gasteiger partial charge in [0, 0.05) is 32.2 Å². The van der Waals surface area contributed by atoms with Crippen LogP contribution < -0.4 is 14.8 Å². The summed E-state index contributed by atoms with van der Waals surface area (Å²) >= 11 is 6.63. The molecule has 1 N–H and O–H groups in total. The molecule has 1 aliphatic carbocycles. The molecule has 0 radical (unpaired) electrons. The molecule has 7 heteroatoms. The lowest BCUT2D eigenvalue weighted by molar-refractivity contribution is 0.156. The van der Waals surface area contributed by atoms with E-state index in [2.05, 4.69) is 16.3 Å². The molecule has 1 saturated carbocycles. The van der Waals surface area contributed by atoms with Gasteiger partial charge >= 0.3 is 0 Å².